The van der Waals surface area contributed by atoms with E-state index in [4.69, 9.17) is 0 Å². The molecule has 0 amide bonds. The van der Waals surface area contributed by atoms with E-state index < -0.39 is 11.1 Å². The van der Waals surface area contributed by atoms with Crippen LogP contribution in [0.4, 0.5) is 0 Å². The molecule has 1 unspecified atom stereocenters. The fraction of sp³-hybridized carbons (Fsp3) is 1.00. The van der Waals surface area contributed by atoms with Crippen LogP contribution in [-0.4, -0.2) is 13.5 Å². The minimum absolute atomic E-state index is 0.242. The van der Waals surface area contributed by atoms with Crippen LogP contribution >= 0.6 is 0 Å². The molecule has 0 heterocycles. The fourth-order valence-electron chi connectivity index (χ4n) is 2.21. The van der Waals surface area contributed by atoms with E-state index >= 15 is 0 Å². The van der Waals surface area contributed by atoms with Crippen LogP contribution in [0.15, 0.2) is 0 Å². The minimum atomic E-state index is -1.61. The molecule has 0 radical (unpaired) electrons. The highest BCUT2D eigenvalue weighted by atomic mass is 32.2. The van der Waals surface area contributed by atoms with Gasteiger partial charge in [-0.15, -0.1) is 0 Å². The molecule has 0 aromatic rings. The maximum Gasteiger partial charge on any atom is 0.159 e. The second kappa shape index (κ2) is 5.11. The average Bonchev–Trinajstić information content (AvgIpc) is 2.16. The van der Waals surface area contributed by atoms with E-state index in [0.717, 1.165) is 44.9 Å². The van der Waals surface area contributed by atoms with Crippen molar-refractivity contribution in [2.24, 2.45) is 0 Å². The molecule has 3 heteroatoms. The summed E-state index contributed by atoms with van der Waals surface area (Å²) < 4.78 is 20.4. The Morgan fingerprint density at radius 3 is 2.38 bits per heavy atom. The summed E-state index contributed by atoms with van der Waals surface area (Å²) in [7, 11) is 0. The molecule has 0 aliphatic heterocycles. The molecule has 1 atom stereocenters. The summed E-state index contributed by atoms with van der Waals surface area (Å²) in [5, 5.41) is 0. The monoisotopic (exact) mass is 204 g/mol. The fourth-order valence-corrected chi connectivity index (χ4v) is 3.16. The van der Waals surface area contributed by atoms with Gasteiger partial charge >= 0.3 is 0 Å². The van der Waals surface area contributed by atoms with Gasteiger partial charge in [0.2, 0.25) is 0 Å². The van der Waals surface area contributed by atoms with Crippen molar-refractivity contribution >= 4 is 11.1 Å². The molecule has 0 spiro atoms. The van der Waals surface area contributed by atoms with E-state index in [1.807, 2.05) is 0 Å². The Morgan fingerprint density at radius 2 is 1.92 bits per heavy atom. The second-order valence-corrected chi connectivity index (χ2v) is 5.46. The van der Waals surface area contributed by atoms with E-state index in [2.05, 4.69) is 6.92 Å². The average molecular weight is 204 g/mol. The smallest absolute Gasteiger partial charge is 0.159 e. The van der Waals surface area contributed by atoms with E-state index in [1.165, 1.54) is 6.42 Å². The van der Waals surface area contributed by atoms with Crippen molar-refractivity contribution in [3.63, 3.8) is 0 Å². The Labute approximate surface area is 83.4 Å². The van der Waals surface area contributed by atoms with Gasteiger partial charge in [-0.3, -0.25) is 0 Å². The van der Waals surface area contributed by atoms with Crippen LogP contribution in [0.2, 0.25) is 0 Å². The van der Waals surface area contributed by atoms with Gasteiger partial charge in [0.1, 0.15) is 0 Å². The third-order valence-electron chi connectivity index (χ3n) is 3.12. The number of hydrogen-bond acceptors (Lipinski definition) is 1. The third-order valence-corrected chi connectivity index (χ3v) is 4.47. The van der Waals surface area contributed by atoms with Gasteiger partial charge in [-0.05, 0) is 19.3 Å². The first-order chi connectivity index (χ1) is 6.21. The third kappa shape index (κ3) is 2.78. The lowest BCUT2D eigenvalue weighted by molar-refractivity contribution is 0.341. The van der Waals surface area contributed by atoms with Crippen LogP contribution in [0.5, 0.6) is 0 Å². The molecule has 78 valence electrons. The second-order valence-electron chi connectivity index (χ2n) is 4.10. The van der Waals surface area contributed by atoms with Crippen molar-refractivity contribution in [3.8, 4) is 0 Å². The molecular formula is C10H20O2S. The molecule has 1 rings (SSSR count). The largest absolute Gasteiger partial charge is 0.306 e. The molecule has 1 fully saturated rings. The van der Waals surface area contributed by atoms with Crippen LogP contribution in [0.25, 0.3) is 0 Å². The SMILES string of the molecule is CCCCC1(S(=O)O)CCCCC1. The van der Waals surface area contributed by atoms with Gasteiger partial charge in [0.25, 0.3) is 0 Å². The number of rotatable bonds is 4. The summed E-state index contributed by atoms with van der Waals surface area (Å²) in [5.74, 6) is 0. The quantitative estimate of drug-likeness (QED) is 0.714. The van der Waals surface area contributed by atoms with E-state index in [1.54, 1.807) is 0 Å². The normalized spacial score (nSPS) is 24.2. The van der Waals surface area contributed by atoms with Crippen LogP contribution in [0.3, 0.4) is 0 Å². The maximum atomic E-state index is 11.3. The molecule has 1 N–H and O–H groups in total. The molecule has 0 saturated heterocycles. The highest BCUT2D eigenvalue weighted by molar-refractivity contribution is 7.80. The van der Waals surface area contributed by atoms with Crippen molar-refractivity contribution in [1.82, 2.24) is 0 Å². The zero-order valence-corrected chi connectivity index (χ0v) is 9.24. The summed E-state index contributed by atoms with van der Waals surface area (Å²) in [4.78, 5) is 0. The minimum Gasteiger partial charge on any atom is -0.306 e. The van der Waals surface area contributed by atoms with Gasteiger partial charge < -0.3 is 4.55 Å². The molecule has 0 aromatic heterocycles. The van der Waals surface area contributed by atoms with Crippen LogP contribution in [-0.2, 0) is 11.1 Å². The standard InChI is InChI=1S/C10H20O2S/c1-2-3-7-10(13(11)12)8-5-4-6-9-10/h2-9H2,1H3,(H,11,12). The lowest BCUT2D eigenvalue weighted by Gasteiger charge is -2.33. The molecule has 1 aliphatic rings. The van der Waals surface area contributed by atoms with E-state index in [0.29, 0.717) is 0 Å². The number of hydrogen-bond donors (Lipinski definition) is 1. The van der Waals surface area contributed by atoms with Gasteiger partial charge in [0.15, 0.2) is 11.1 Å². The topological polar surface area (TPSA) is 37.3 Å². The lowest BCUT2D eigenvalue weighted by Crippen LogP contribution is -2.36. The van der Waals surface area contributed by atoms with Gasteiger partial charge in [0.05, 0.1) is 4.75 Å². The van der Waals surface area contributed by atoms with Crippen molar-refractivity contribution in [2.75, 3.05) is 0 Å². The summed E-state index contributed by atoms with van der Waals surface area (Å²) in [5.41, 5.74) is 0. The predicted molar refractivity (Wildman–Crippen MR) is 56.1 cm³/mol. The Bertz CT molecular complexity index is 174. The summed E-state index contributed by atoms with van der Waals surface area (Å²) in [6, 6.07) is 0. The molecule has 1 aliphatic carbocycles. The van der Waals surface area contributed by atoms with Gasteiger partial charge in [-0.2, -0.15) is 0 Å². The first-order valence-electron chi connectivity index (χ1n) is 5.32. The van der Waals surface area contributed by atoms with Crippen molar-refractivity contribution in [3.05, 3.63) is 0 Å². The lowest BCUT2D eigenvalue weighted by atomic mass is 9.85. The predicted octanol–water partition coefficient (Wildman–Crippen LogP) is 3.10. The molecule has 0 aromatic carbocycles. The van der Waals surface area contributed by atoms with E-state index in [9.17, 15) is 8.76 Å². The maximum absolute atomic E-state index is 11.3. The van der Waals surface area contributed by atoms with Crippen LogP contribution in [0, 0.1) is 0 Å². The molecule has 0 bridgehead atoms. The Morgan fingerprint density at radius 1 is 1.31 bits per heavy atom. The zero-order valence-electron chi connectivity index (χ0n) is 8.42. The van der Waals surface area contributed by atoms with Gasteiger partial charge in [-0.25, -0.2) is 4.21 Å². The highest BCUT2D eigenvalue weighted by Gasteiger charge is 2.36. The Balaban J connectivity index is 2.56. The first kappa shape index (κ1) is 11.2. The van der Waals surface area contributed by atoms with Gasteiger partial charge in [0, 0.05) is 0 Å². The van der Waals surface area contributed by atoms with Crippen LogP contribution in [0.1, 0.15) is 58.3 Å². The molecule has 1 saturated carbocycles. The Kier molecular flexibility index (Phi) is 4.39. The molecule has 2 nitrogen and oxygen atoms in total. The van der Waals surface area contributed by atoms with Gasteiger partial charge in [-0.1, -0.05) is 39.0 Å². The summed E-state index contributed by atoms with van der Waals surface area (Å²) in [6.07, 6.45) is 8.57. The summed E-state index contributed by atoms with van der Waals surface area (Å²) in [6.45, 7) is 2.14. The molecular weight excluding hydrogens is 184 g/mol. The Hall–Kier alpha value is 0.110. The van der Waals surface area contributed by atoms with Crippen molar-refractivity contribution in [1.29, 1.82) is 0 Å². The number of unbranched alkanes of at least 4 members (excludes halogenated alkanes) is 1. The highest BCUT2D eigenvalue weighted by Crippen LogP contribution is 2.36. The van der Waals surface area contributed by atoms with Crippen molar-refractivity contribution < 1.29 is 8.76 Å². The van der Waals surface area contributed by atoms with E-state index in [-0.39, 0.29) is 4.75 Å². The first-order valence-corrected chi connectivity index (χ1v) is 6.43. The van der Waals surface area contributed by atoms with Crippen molar-refractivity contribution in [2.45, 2.75) is 63.0 Å². The van der Waals surface area contributed by atoms with Crippen LogP contribution < -0.4 is 0 Å². The summed E-state index contributed by atoms with van der Waals surface area (Å²) >= 11 is -1.61. The zero-order chi connectivity index (χ0) is 9.73. The molecule has 13 heavy (non-hydrogen) atoms.